The first-order chi connectivity index (χ1) is 6.68. The topological polar surface area (TPSA) is 59.2 Å². The minimum atomic E-state index is -0.265. The zero-order valence-electron chi connectivity index (χ0n) is 8.01. The van der Waals surface area contributed by atoms with E-state index in [0.29, 0.717) is 12.5 Å². The zero-order chi connectivity index (χ0) is 10.1. The molecule has 1 aromatic heterocycles. The van der Waals surface area contributed by atoms with Crippen LogP contribution in [-0.4, -0.2) is 34.9 Å². The summed E-state index contributed by atoms with van der Waals surface area (Å²) in [7, 11) is 0. The number of thiazole rings is 1. The lowest BCUT2D eigenvalue weighted by molar-refractivity contribution is -0.142. The molecule has 1 amide bonds. The molecule has 14 heavy (non-hydrogen) atoms. The van der Waals surface area contributed by atoms with Gasteiger partial charge in [0, 0.05) is 30.6 Å². The normalized spacial score (nSPS) is 23.4. The minimum absolute atomic E-state index is 0.0633. The molecule has 1 fully saturated rings. The van der Waals surface area contributed by atoms with Gasteiger partial charge >= 0.3 is 0 Å². The number of rotatable bonds is 3. The molecule has 2 atom stereocenters. The summed E-state index contributed by atoms with van der Waals surface area (Å²) >= 11 is 1.63. The van der Waals surface area contributed by atoms with Crippen LogP contribution in [-0.2, 0) is 4.79 Å². The number of β-lactam (4-membered cyclic amide) rings is 1. The maximum Gasteiger partial charge on any atom is 0.241 e. The van der Waals surface area contributed by atoms with Crippen LogP contribution < -0.4 is 5.73 Å². The fraction of sp³-hybridized carbons (Fsp3) is 0.556. The van der Waals surface area contributed by atoms with E-state index in [1.54, 1.807) is 22.4 Å². The molecule has 0 spiro atoms. The third kappa shape index (κ3) is 1.65. The Morgan fingerprint density at radius 3 is 3.14 bits per heavy atom. The Labute approximate surface area is 86.7 Å². The third-order valence-electron chi connectivity index (χ3n) is 2.41. The van der Waals surface area contributed by atoms with Gasteiger partial charge in [0.15, 0.2) is 0 Å². The Kier molecular flexibility index (Phi) is 2.52. The molecule has 76 valence electrons. The molecule has 2 N–H and O–H groups in total. The lowest BCUT2D eigenvalue weighted by atomic mass is 10.1. The second-order valence-corrected chi connectivity index (χ2v) is 4.55. The van der Waals surface area contributed by atoms with Gasteiger partial charge in [0.2, 0.25) is 5.91 Å². The molecule has 5 heteroatoms. The maximum absolute atomic E-state index is 11.3. The van der Waals surface area contributed by atoms with E-state index in [2.05, 4.69) is 11.9 Å². The molecule has 0 aliphatic carbocycles. The highest BCUT2D eigenvalue weighted by Crippen LogP contribution is 2.21. The highest BCUT2D eigenvalue weighted by molar-refractivity contribution is 7.09. The second kappa shape index (κ2) is 3.67. The number of amides is 1. The molecule has 4 nitrogen and oxygen atoms in total. The molecule has 2 rings (SSSR count). The number of hydrogen-bond acceptors (Lipinski definition) is 4. The van der Waals surface area contributed by atoms with Crippen molar-refractivity contribution in [2.75, 3.05) is 13.1 Å². The summed E-state index contributed by atoms with van der Waals surface area (Å²) in [6.07, 6.45) is 1.79. The van der Waals surface area contributed by atoms with Gasteiger partial charge in [-0.1, -0.05) is 6.92 Å². The van der Waals surface area contributed by atoms with Gasteiger partial charge in [-0.15, -0.1) is 11.3 Å². The summed E-state index contributed by atoms with van der Waals surface area (Å²) in [6, 6.07) is -0.265. The van der Waals surface area contributed by atoms with Crippen LogP contribution in [0.3, 0.4) is 0 Å². The Balaban J connectivity index is 1.90. The van der Waals surface area contributed by atoms with Crippen molar-refractivity contribution in [3.05, 3.63) is 16.6 Å². The van der Waals surface area contributed by atoms with Crippen LogP contribution in [0.1, 0.15) is 17.8 Å². The van der Waals surface area contributed by atoms with Crippen molar-refractivity contribution in [1.29, 1.82) is 0 Å². The fourth-order valence-electron chi connectivity index (χ4n) is 1.58. The molecule has 2 unspecified atom stereocenters. The SMILES string of the molecule is CC(CN1CC(N)C1=O)c1nccs1. The molecule has 1 aliphatic heterocycles. The predicted octanol–water partition coefficient (Wildman–Crippen LogP) is 0.416. The summed E-state index contributed by atoms with van der Waals surface area (Å²) in [5.74, 6) is 0.375. The van der Waals surface area contributed by atoms with Crippen LogP contribution in [0.25, 0.3) is 0 Å². The first-order valence-electron chi connectivity index (χ1n) is 4.62. The molecule has 2 heterocycles. The van der Waals surface area contributed by atoms with E-state index in [0.717, 1.165) is 11.6 Å². The van der Waals surface area contributed by atoms with Gasteiger partial charge in [-0.3, -0.25) is 4.79 Å². The van der Waals surface area contributed by atoms with E-state index in [-0.39, 0.29) is 11.9 Å². The molecule has 1 aromatic rings. The van der Waals surface area contributed by atoms with Crippen molar-refractivity contribution in [2.24, 2.45) is 5.73 Å². The number of likely N-dealkylation sites (tertiary alicyclic amines) is 1. The summed E-state index contributed by atoms with van der Waals surface area (Å²) < 4.78 is 0. The quantitative estimate of drug-likeness (QED) is 0.737. The van der Waals surface area contributed by atoms with Crippen LogP contribution in [0.5, 0.6) is 0 Å². The van der Waals surface area contributed by atoms with Crippen molar-refractivity contribution < 1.29 is 4.79 Å². The summed E-state index contributed by atoms with van der Waals surface area (Å²) in [4.78, 5) is 17.3. The van der Waals surface area contributed by atoms with Gasteiger partial charge in [0.1, 0.15) is 6.04 Å². The molecule has 0 saturated carbocycles. The number of carbonyl (C=O) groups excluding carboxylic acids is 1. The van der Waals surface area contributed by atoms with Crippen molar-refractivity contribution in [1.82, 2.24) is 9.88 Å². The maximum atomic E-state index is 11.3. The summed E-state index contributed by atoms with van der Waals surface area (Å²) in [6.45, 7) is 3.50. The summed E-state index contributed by atoms with van der Waals surface area (Å²) in [5.41, 5.74) is 5.50. The first kappa shape index (κ1) is 9.61. The largest absolute Gasteiger partial charge is 0.339 e. The van der Waals surface area contributed by atoms with Crippen molar-refractivity contribution in [3.63, 3.8) is 0 Å². The molecular formula is C9H13N3OS. The number of aromatic nitrogens is 1. The van der Waals surface area contributed by atoms with Crippen LogP contribution in [0, 0.1) is 0 Å². The fourth-order valence-corrected chi connectivity index (χ4v) is 2.27. The predicted molar refractivity (Wildman–Crippen MR) is 55.1 cm³/mol. The molecule has 0 bridgehead atoms. The second-order valence-electron chi connectivity index (χ2n) is 3.62. The van der Waals surface area contributed by atoms with E-state index in [1.807, 2.05) is 5.38 Å². The average molecular weight is 211 g/mol. The monoisotopic (exact) mass is 211 g/mol. The Bertz CT molecular complexity index is 325. The molecular weight excluding hydrogens is 198 g/mol. The zero-order valence-corrected chi connectivity index (χ0v) is 8.83. The minimum Gasteiger partial charge on any atom is -0.339 e. The number of nitrogens with zero attached hydrogens (tertiary/aromatic N) is 2. The lowest BCUT2D eigenvalue weighted by Crippen LogP contribution is -2.61. The highest BCUT2D eigenvalue weighted by atomic mass is 32.1. The van der Waals surface area contributed by atoms with Crippen molar-refractivity contribution in [3.8, 4) is 0 Å². The summed E-state index contributed by atoms with van der Waals surface area (Å²) in [5, 5.41) is 3.04. The van der Waals surface area contributed by atoms with Crippen molar-refractivity contribution in [2.45, 2.75) is 18.9 Å². The van der Waals surface area contributed by atoms with E-state index in [4.69, 9.17) is 5.73 Å². The molecule has 0 radical (unpaired) electrons. The smallest absolute Gasteiger partial charge is 0.241 e. The van der Waals surface area contributed by atoms with Gasteiger partial charge in [-0.2, -0.15) is 0 Å². The first-order valence-corrected chi connectivity index (χ1v) is 5.50. The van der Waals surface area contributed by atoms with E-state index < -0.39 is 0 Å². The van der Waals surface area contributed by atoms with Gasteiger partial charge in [-0.05, 0) is 0 Å². The Hall–Kier alpha value is -0.940. The van der Waals surface area contributed by atoms with E-state index in [9.17, 15) is 4.79 Å². The highest BCUT2D eigenvalue weighted by Gasteiger charge is 2.34. The standard InChI is InChI=1S/C9H13N3OS/c1-6(8-11-2-3-14-8)4-12-5-7(10)9(12)13/h2-3,6-7H,4-5,10H2,1H3. The van der Waals surface area contributed by atoms with Crippen LogP contribution in [0.2, 0.25) is 0 Å². The molecule has 1 saturated heterocycles. The number of hydrogen-bond donors (Lipinski definition) is 1. The van der Waals surface area contributed by atoms with Gasteiger partial charge in [-0.25, -0.2) is 4.98 Å². The van der Waals surface area contributed by atoms with Gasteiger partial charge in [0.05, 0.1) is 5.01 Å². The van der Waals surface area contributed by atoms with Crippen molar-refractivity contribution >= 4 is 17.2 Å². The van der Waals surface area contributed by atoms with E-state index in [1.165, 1.54) is 0 Å². The molecule has 1 aliphatic rings. The van der Waals surface area contributed by atoms with Crippen LogP contribution in [0.4, 0.5) is 0 Å². The Morgan fingerprint density at radius 1 is 1.86 bits per heavy atom. The third-order valence-corrected chi connectivity index (χ3v) is 3.42. The number of nitrogens with two attached hydrogens (primary N) is 1. The average Bonchev–Trinajstić information content (AvgIpc) is 2.69. The number of carbonyl (C=O) groups is 1. The van der Waals surface area contributed by atoms with Crippen LogP contribution >= 0.6 is 11.3 Å². The van der Waals surface area contributed by atoms with E-state index >= 15 is 0 Å². The van der Waals surface area contributed by atoms with Gasteiger partial charge < -0.3 is 10.6 Å². The van der Waals surface area contributed by atoms with Crippen LogP contribution in [0.15, 0.2) is 11.6 Å². The Morgan fingerprint density at radius 2 is 2.64 bits per heavy atom. The lowest BCUT2D eigenvalue weighted by Gasteiger charge is -2.37. The van der Waals surface area contributed by atoms with Gasteiger partial charge in [0.25, 0.3) is 0 Å². The molecule has 0 aromatic carbocycles.